The monoisotopic (exact) mass is 325 g/mol. The van der Waals surface area contributed by atoms with Gasteiger partial charge in [-0.3, -0.25) is 9.91 Å². The van der Waals surface area contributed by atoms with Gasteiger partial charge in [0.05, 0.1) is 13.3 Å². The molecule has 1 aliphatic heterocycles. The van der Waals surface area contributed by atoms with Crippen molar-refractivity contribution in [1.29, 1.82) is 0 Å². The highest BCUT2D eigenvalue weighted by Crippen LogP contribution is 2.25. The number of ether oxygens (including phenoxy) is 1. The molecule has 0 atom stereocenters. The van der Waals surface area contributed by atoms with Gasteiger partial charge in [0, 0.05) is 32.7 Å². The summed E-state index contributed by atoms with van der Waals surface area (Å²) in [4.78, 5) is 2.45. The normalized spacial score (nSPS) is 15.8. The number of nitrogens with zero attached hydrogens (tertiary/aromatic N) is 3. The average molecular weight is 325 g/mol. The standard InChI is InChI=1S/C19H23N3O2/c1-24-19-13-17(7-8-18(19)23)14-20-22-11-9-21(10-12-22)15-16-5-3-2-4-6-16/h2-8,13-14,23H,9-12,15H2,1H3/b20-14+. The average Bonchev–Trinajstić information content (AvgIpc) is 2.63. The van der Waals surface area contributed by atoms with Crippen LogP contribution >= 0.6 is 0 Å². The van der Waals surface area contributed by atoms with E-state index in [0.717, 1.165) is 38.3 Å². The van der Waals surface area contributed by atoms with Crippen molar-refractivity contribution in [2.24, 2.45) is 5.10 Å². The van der Waals surface area contributed by atoms with Crippen LogP contribution in [0, 0.1) is 0 Å². The Morgan fingerprint density at radius 3 is 2.54 bits per heavy atom. The molecule has 1 fully saturated rings. The molecule has 3 rings (SSSR count). The molecule has 0 aliphatic carbocycles. The zero-order valence-corrected chi connectivity index (χ0v) is 13.9. The summed E-state index contributed by atoms with van der Waals surface area (Å²) in [5.74, 6) is 0.607. The second-order valence-electron chi connectivity index (χ2n) is 5.89. The number of hydrogen-bond acceptors (Lipinski definition) is 5. The molecule has 0 amide bonds. The predicted molar refractivity (Wildman–Crippen MR) is 95.5 cm³/mol. The fourth-order valence-corrected chi connectivity index (χ4v) is 2.78. The second kappa shape index (κ2) is 7.84. The number of methoxy groups -OCH3 is 1. The van der Waals surface area contributed by atoms with Crippen LogP contribution in [0.2, 0.25) is 0 Å². The van der Waals surface area contributed by atoms with Crippen molar-refractivity contribution in [3.05, 3.63) is 59.7 Å². The van der Waals surface area contributed by atoms with E-state index in [0.29, 0.717) is 5.75 Å². The van der Waals surface area contributed by atoms with Gasteiger partial charge in [0.15, 0.2) is 11.5 Å². The number of aromatic hydroxyl groups is 1. The van der Waals surface area contributed by atoms with Crippen LogP contribution in [0.1, 0.15) is 11.1 Å². The number of piperazine rings is 1. The third-order valence-corrected chi connectivity index (χ3v) is 4.17. The van der Waals surface area contributed by atoms with Crippen molar-refractivity contribution in [1.82, 2.24) is 9.91 Å². The molecule has 0 saturated carbocycles. The first-order valence-electron chi connectivity index (χ1n) is 8.17. The first-order valence-corrected chi connectivity index (χ1v) is 8.17. The Bertz CT molecular complexity index is 680. The van der Waals surface area contributed by atoms with Crippen molar-refractivity contribution >= 4 is 6.21 Å². The van der Waals surface area contributed by atoms with E-state index in [9.17, 15) is 5.11 Å². The summed E-state index contributed by atoms with van der Waals surface area (Å²) in [5.41, 5.74) is 2.27. The van der Waals surface area contributed by atoms with Crippen molar-refractivity contribution in [3.63, 3.8) is 0 Å². The third kappa shape index (κ3) is 4.26. The summed E-state index contributed by atoms with van der Waals surface area (Å²) in [7, 11) is 1.54. The van der Waals surface area contributed by atoms with Gasteiger partial charge in [-0.1, -0.05) is 30.3 Å². The fourth-order valence-electron chi connectivity index (χ4n) is 2.78. The van der Waals surface area contributed by atoms with Crippen molar-refractivity contribution < 1.29 is 9.84 Å². The summed E-state index contributed by atoms with van der Waals surface area (Å²) >= 11 is 0. The summed E-state index contributed by atoms with van der Waals surface area (Å²) in [5, 5.41) is 16.2. The molecule has 2 aromatic rings. The SMILES string of the molecule is COc1cc(/C=N/N2CCN(Cc3ccccc3)CC2)ccc1O. The Kier molecular flexibility index (Phi) is 5.33. The number of hydrogen-bond donors (Lipinski definition) is 1. The van der Waals surface area contributed by atoms with E-state index in [1.807, 2.05) is 12.3 Å². The van der Waals surface area contributed by atoms with Gasteiger partial charge in [-0.2, -0.15) is 5.10 Å². The highest BCUT2D eigenvalue weighted by Gasteiger charge is 2.15. The van der Waals surface area contributed by atoms with Gasteiger partial charge >= 0.3 is 0 Å². The van der Waals surface area contributed by atoms with Crippen LogP contribution in [0.3, 0.4) is 0 Å². The molecule has 0 unspecified atom stereocenters. The quantitative estimate of drug-likeness (QED) is 0.858. The van der Waals surface area contributed by atoms with Crippen LogP contribution in [0.4, 0.5) is 0 Å². The largest absolute Gasteiger partial charge is 0.504 e. The van der Waals surface area contributed by atoms with E-state index in [-0.39, 0.29) is 5.75 Å². The molecule has 1 heterocycles. The Morgan fingerprint density at radius 1 is 1.08 bits per heavy atom. The van der Waals surface area contributed by atoms with Gasteiger partial charge in [0.2, 0.25) is 0 Å². The summed E-state index contributed by atoms with van der Waals surface area (Å²) < 4.78 is 5.12. The minimum absolute atomic E-state index is 0.143. The van der Waals surface area contributed by atoms with E-state index in [1.165, 1.54) is 5.56 Å². The molecule has 5 nitrogen and oxygen atoms in total. The van der Waals surface area contributed by atoms with Crippen LogP contribution < -0.4 is 4.74 Å². The lowest BCUT2D eigenvalue weighted by atomic mass is 10.2. The first-order chi connectivity index (χ1) is 11.7. The van der Waals surface area contributed by atoms with Crippen molar-refractivity contribution in [2.45, 2.75) is 6.54 Å². The number of phenols is 1. The Labute approximate surface area is 142 Å². The highest BCUT2D eigenvalue weighted by atomic mass is 16.5. The fraction of sp³-hybridized carbons (Fsp3) is 0.316. The molecule has 0 aromatic heterocycles. The molecule has 1 aliphatic rings. The number of phenolic OH excluding ortho intramolecular Hbond substituents is 1. The van der Waals surface area contributed by atoms with Crippen LogP contribution in [0.5, 0.6) is 11.5 Å². The highest BCUT2D eigenvalue weighted by molar-refractivity contribution is 5.80. The lowest BCUT2D eigenvalue weighted by Crippen LogP contribution is -2.43. The van der Waals surface area contributed by atoms with Crippen molar-refractivity contribution in [2.75, 3.05) is 33.3 Å². The summed E-state index contributed by atoms with van der Waals surface area (Å²) in [6.45, 7) is 4.83. The Balaban J connectivity index is 1.51. The number of hydrazone groups is 1. The summed E-state index contributed by atoms with van der Waals surface area (Å²) in [6, 6.07) is 15.8. The van der Waals surface area contributed by atoms with Crippen molar-refractivity contribution in [3.8, 4) is 11.5 Å². The topological polar surface area (TPSA) is 48.3 Å². The molecule has 0 bridgehead atoms. The molecule has 0 radical (unpaired) electrons. The van der Waals surface area contributed by atoms with E-state index in [2.05, 4.69) is 45.3 Å². The third-order valence-electron chi connectivity index (χ3n) is 4.17. The van der Waals surface area contributed by atoms with Crippen LogP contribution in [-0.4, -0.2) is 54.5 Å². The molecule has 1 N–H and O–H groups in total. The zero-order valence-electron chi connectivity index (χ0n) is 13.9. The van der Waals surface area contributed by atoms with Gasteiger partial charge in [-0.05, 0) is 29.3 Å². The molecule has 5 heteroatoms. The van der Waals surface area contributed by atoms with Gasteiger partial charge in [-0.25, -0.2) is 0 Å². The van der Waals surface area contributed by atoms with Gasteiger partial charge < -0.3 is 9.84 Å². The molecular weight excluding hydrogens is 302 g/mol. The molecule has 126 valence electrons. The maximum absolute atomic E-state index is 9.62. The zero-order chi connectivity index (χ0) is 16.8. The number of benzene rings is 2. The van der Waals surface area contributed by atoms with E-state index in [4.69, 9.17) is 4.74 Å². The minimum Gasteiger partial charge on any atom is -0.504 e. The molecule has 0 spiro atoms. The van der Waals surface area contributed by atoms with E-state index in [1.54, 1.807) is 19.2 Å². The van der Waals surface area contributed by atoms with Crippen LogP contribution in [-0.2, 0) is 6.54 Å². The van der Waals surface area contributed by atoms with E-state index < -0.39 is 0 Å². The maximum atomic E-state index is 9.62. The predicted octanol–water partition coefficient (Wildman–Crippen LogP) is 2.55. The second-order valence-corrected chi connectivity index (χ2v) is 5.89. The Morgan fingerprint density at radius 2 is 1.83 bits per heavy atom. The number of rotatable bonds is 5. The molecular formula is C19H23N3O2. The Hall–Kier alpha value is -2.53. The van der Waals surface area contributed by atoms with Crippen LogP contribution in [0.25, 0.3) is 0 Å². The summed E-state index contributed by atoms with van der Waals surface area (Å²) in [6.07, 6.45) is 1.81. The van der Waals surface area contributed by atoms with Crippen LogP contribution in [0.15, 0.2) is 53.6 Å². The minimum atomic E-state index is 0.143. The van der Waals surface area contributed by atoms with Gasteiger partial charge in [-0.15, -0.1) is 0 Å². The maximum Gasteiger partial charge on any atom is 0.161 e. The smallest absolute Gasteiger partial charge is 0.161 e. The van der Waals surface area contributed by atoms with E-state index >= 15 is 0 Å². The molecule has 1 saturated heterocycles. The molecule has 24 heavy (non-hydrogen) atoms. The van der Waals surface area contributed by atoms with Gasteiger partial charge in [0.1, 0.15) is 0 Å². The first kappa shape index (κ1) is 16.3. The lowest BCUT2D eigenvalue weighted by molar-refractivity contribution is 0.131. The molecule has 2 aromatic carbocycles. The van der Waals surface area contributed by atoms with Gasteiger partial charge in [0.25, 0.3) is 0 Å². The lowest BCUT2D eigenvalue weighted by Gasteiger charge is -2.33.